The lowest BCUT2D eigenvalue weighted by molar-refractivity contribution is 0.0950. The number of hydrazone groups is 1. The van der Waals surface area contributed by atoms with Crippen molar-refractivity contribution in [3.8, 4) is 0 Å². The van der Waals surface area contributed by atoms with Crippen LogP contribution in [0.2, 0.25) is 0 Å². The van der Waals surface area contributed by atoms with E-state index in [0.29, 0.717) is 5.76 Å². The summed E-state index contributed by atoms with van der Waals surface area (Å²) < 4.78 is 4.97. The fraction of sp³-hybridized carbons (Fsp3) is 0. The number of furan rings is 1. The molecule has 0 aliphatic rings. The Labute approximate surface area is 84.2 Å². The number of nitrogens with one attached hydrogen (secondary N) is 2. The summed E-state index contributed by atoms with van der Waals surface area (Å²) in [5.74, 6) is 0.113. The molecule has 0 fully saturated rings. The molecule has 0 spiro atoms. The molecule has 1 amide bonds. The lowest BCUT2D eigenvalue weighted by Crippen LogP contribution is -2.17. The monoisotopic (exact) mass is 205 g/mol. The van der Waals surface area contributed by atoms with Gasteiger partial charge in [0.15, 0.2) is 5.69 Å². The summed E-state index contributed by atoms with van der Waals surface area (Å²) in [6, 6.07) is 3.44. The molecule has 0 bridgehead atoms. The minimum atomic E-state index is -0.438. The molecule has 0 saturated heterocycles. The highest BCUT2D eigenvalue weighted by Crippen LogP contribution is 1.94. The number of aromatic nitrogens is 3. The minimum absolute atomic E-state index is 0.173. The van der Waals surface area contributed by atoms with Gasteiger partial charge in [-0.25, -0.2) is 5.43 Å². The van der Waals surface area contributed by atoms with E-state index in [-0.39, 0.29) is 5.69 Å². The van der Waals surface area contributed by atoms with Crippen molar-refractivity contribution in [2.45, 2.75) is 0 Å². The molecule has 2 heterocycles. The van der Waals surface area contributed by atoms with Crippen LogP contribution in [0.5, 0.6) is 0 Å². The summed E-state index contributed by atoms with van der Waals surface area (Å²) in [5.41, 5.74) is 2.44. The van der Waals surface area contributed by atoms with Crippen LogP contribution in [-0.2, 0) is 0 Å². The summed E-state index contributed by atoms with van der Waals surface area (Å²) in [6.45, 7) is 0. The quantitative estimate of drug-likeness (QED) is 0.551. The van der Waals surface area contributed by atoms with E-state index in [1.165, 1.54) is 18.7 Å². The van der Waals surface area contributed by atoms with Crippen LogP contribution in [0.1, 0.15) is 16.2 Å². The van der Waals surface area contributed by atoms with Crippen LogP contribution in [0.4, 0.5) is 0 Å². The summed E-state index contributed by atoms with van der Waals surface area (Å²) in [4.78, 5) is 11.3. The third-order valence-electron chi connectivity index (χ3n) is 1.55. The first kappa shape index (κ1) is 9.13. The smallest absolute Gasteiger partial charge is 0.293 e. The standard InChI is InChI=1S/C8H7N5O2/c14-8(7-5-10-13-11-7)12-9-4-6-2-1-3-15-6/h1-5H,(H,12,14)(H,10,11,13). The molecule has 0 aliphatic carbocycles. The van der Waals surface area contributed by atoms with Crippen LogP contribution >= 0.6 is 0 Å². The molecule has 7 nitrogen and oxygen atoms in total. The number of nitrogens with zero attached hydrogens (tertiary/aromatic N) is 3. The second-order valence-electron chi connectivity index (χ2n) is 2.57. The Bertz CT molecular complexity index is 445. The molecule has 0 unspecified atom stereocenters. The van der Waals surface area contributed by atoms with Gasteiger partial charge in [0.05, 0.1) is 18.7 Å². The Morgan fingerprint density at radius 3 is 3.27 bits per heavy atom. The van der Waals surface area contributed by atoms with Crippen molar-refractivity contribution in [3.63, 3.8) is 0 Å². The van der Waals surface area contributed by atoms with Crippen LogP contribution in [0.3, 0.4) is 0 Å². The van der Waals surface area contributed by atoms with Gasteiger partial charge in [0.25, 0.3) is 5.91 Å². The van der Waals surface area contributed by atoms with Crippen molar-refractivity contribution >= 4 is 12.1 Å². The van der Waals surface area contributed by atoms with Gasteiger partial charge in [-0.15, -0.1) is 5.10 Å². The number of rotatable bonds is 3. The van der Waals surface area contributed by atoms with Crippen LogP contribution < -0.4 is 5.43 Å². The molecule has 0 aliphatic heterocycles. The zero-order valence-corrected chi connectivity index (χ0v) is 7.54. The fourth-order valence-electron chi connectivity index (χ4n) is 0.889. The lowest BCUT2D eigenvalue weighted by atomic mass is 10.5. The molecule has 2 rings (SSSR count). The van der Waals surface area contributed by atoms with Crippen molar-refractivity contribution in [3.05, 3.63) is 36.0 Å². The molecule has 0 atom stereocenters. The molecule has 2 N–H and O–H groups in total. The van der Waals surface area contributed by atoms with Gasteiger partial charge in [0.1, 0.15) is 5.76 Å². The Balaban J connectivity index is 1.91. The van der Waals surface area contributed by atoms with E-state index in [0.717, 1.165) is 0 Å². The molecular formula is C8H7N5O2. The predicted molar refractivity (Wildman–Crippen MR) is 50.2 cm³/mol. The number of aromatic amines is 1. The molecule has 7 heteroatoms. The number of hydrogen-bond acceptors (Lipinski definition) is 5. The Morgan fingerprint density at radius 1 is 1.67 bits per heavy atom. The molecule has 0 aromatic carbocycles. The summed E-state index contributed by atoms with van der Waals surface area (Å²) in [7, 11) is 0. The van der Waals surface area contributed by atoms with Gasteiger partial charge in [-0.05, 0) is 12.1 Å². The highest BCUT2D eigenvalue weighted by Gasteiger charge is 2.05. The topological polar surface area (TPSA) is 96.2 Å². The van der Waals surface area contributed by atoms with Crippen molar-refractivity contribution in [2.24, 2.45) is 5.10 Å². The first-order valence-electron chi connectivity index (χ1n) is 4.09. The Morgan fingerprint density at radius 2 is 2.60 bits per heavy atom. The second kappa shape index (κ2) is 4.18. The third kappa shape index (κ3) is 2.27. The molecule has 0 saturated carbocycles. The van der Waals surface area contributed by atoms with Gasteiger partial charge >= 0.3 is 0 Å². The average Bonchev–Trinajstić information content (AvgIpc) is 2.90. The van der Waals surface area contributed by atoms with Crippen LogP contribution in [0, 0.1) is 0 Å². The van der Waals surface area contributed by atoms with E-state index in [1.54, 1.807) is 12.1 Å². The molecule has 2 aromatic heterocycles. The van der Waals surface area contributed by atoms with Crippen molar-refractivity contribution in [1.82, 2.24) is 20.8 Å². The molecule has 0 radical (unpaired) electrons. The first-order chi connectivity index (χ1) is 7.36. The van der Waals surface area contributed by atoms with Crippen LogP contribution in [0.15, 0.2) is 34.1 Å². The van der Waals surface area contributed by atoms with E-state index in [1.807, 2.05) is 0 Å². The fourth-order valence-corrected chi connectivity index (χ4v) is 0.889. The maximum Gasteiger partial charge on any atom is 0.293 e. The van der Waals surface area contributed by atoms with Gasteiger partial charge in [-0.2, -0.15) is 5.10 Å². The second-order valence-corrected chi connectivity index (χ2v) is 2.57. The van der Waals surface area contributed by atoms with Gasteiger partial charge in [-0.3, -0.25) is 9.89 Å². The number of carbonyl (C=O) groups is 1. The van der Waals surface area contributed by atoms with E-state index >= 15 is 0 Å². The molecular weight excluding hydrogens is 198 g/mol. The zero-order valence-electron chi connectivity index (χ0n) is 7.54. The van der Waals surface area contributed by atoms with E-state index in [9.17, 15) is 4.79 Å². The highest BCUT2D eigenvalue weighted by molar-refractivity contribution is 5.92. The van der Waals surface area contributed by atoms with Gasteiger partial charge < -0.3 is 4.42 Å². The van der Waals surface area contributed by atoms with E-state index in [4.69, 9.17) is 4.42 Å². The third-order valence-corrected chi connectivity index (χ3v) is 1.55. The summed E-state index contributed by atoms with van der Waals surface area (Å²) in [6.07, 6.45) is 4.27. The Kier molecular flexibility index (Phi) is 2.54. The largest absolute Gasteiger partial charge is 0.463 e. The summed E-state index contributed by atoms with van der Waals surface area (Å²) in [5, 5.41) is 13.0. The predicted octanol–water partition coefficient (Wildman–Crippen LogP) is 0.162. The van der Waals surface area contributed by atoms with Gasteiger partial charge in [0.2, 0.25) is 0 Å². The maximum absolute atomic E-state index is 11.3. The zero-order chi connectivity index (χ0) is 10.5. The Hall–Kier alpha value is -2.44. The normalized spacial score (nSPS) is 10.7. The van der Waals surface area contributed by atoms with Crippen LogP contribution in [-0.4, -0.2) is 27.5 Å². The highest BCUT2D eigenvalue weighted by atomic mass is 16.3. The van der Waals surface area contributed by atoms with E-state index < -0.39 is 5.91 Å². The minimum Gasteiger partial charge on any atom is -0.463 e. The molecule has 2 aromatic rings. The SMILES string of the molecule is O=C(NN=Cc1ccco1)c1c[nH]nn1. The summed E-state index contributed by atoms with van der Waals surface area (Å²) >= 11 is 0. The van der Waals surface area contributed by atoms with E-state index in [2.05, 4.69) is 25.9 Å². The van der Waals surface area contributed by atoms with Crippen LogP contribution in [0.25, 0.3) is 0 Å². The van der Waals surface area contributed by atoms with Gasteiger partial charge in [0, 0.05) is 0 Å². The van der Waals surface area contributed by atoms with Gasteiger partial charge in [-0.1, -0.05) is 5.21 Å². The molecule has 76 valence electrons. The number of carbonyl (C=O) groups excluding carboxylic acids is 1. The average molecular weight is 205 g/mol. The lowest BCUT2D eigenvalue weighted by Gasteiger charge is -1.92. The number of hydrogen-bond donors (Lipinski definition) is 2. The molecule has 15 heavy (non-hydrogen) atoms. The first-order valence-corrected chi connectivity index (χ1v) is 4.09. The van der Waals surface area contributed by atoms with Crippen molar-refractivity contribution < 1.29 is 9.21 Å². The number of amides is 1. The number of H-pyrrole nitrogens is 1. The van der Waals surface area contributed by atoms with Crippen molar-refractivity contribution in [2.75, 3.05) is 0 Å². The van der Waals surface area contributed by atoms with Crippen molar-refractivity contribution in [1.29, 1.82) is 0 Å². The maximum atomic E-state index is 11.3.